The molecular formula is C20H36O. The fraction of sp³-hybridized carbons (Fsp3) is 0.900. The summed E-state index contributed by atoms with van der Waals surface area (Å²) in [6.07, 6.45) is 9.19. The highest BCUT2D eigenvalue weighted by Gasteiger charge is 2.59. The number of allylic oxidation sites excluding steroid dienone is 2. The van der Waals surface area contributed by atoms with Crippen LogP contribution < -0.4 is 0 Å². The van der Waals surface area contributed by atoms with Crippen LogP contribution in [0.3, 0.4) is 0 Å². The number of rotatable bonds is 1. The molecule has 0 aromatic rings. The molecule has 5 rings (SSSR count). The largest absolute Gasteiger partial charge is 0.458 e. The predicted molar refractivity (Wildman–Crippen MR) is 90.8 cm³/mol. The molecule has 3 fully saturated rings. The zero-order chi connectivity index (χ0) is 15.6. The van der Waals surface area contributed by atoms with Gasteiger partial charge in [0, 0.05) is 11.8 Å². The van der Waals surface area contributed by atoms with Crippen LogP contribution in [0.4, 0.5) is 0 Å². The number of hydrogen-bond acceptors (Lipinski definition) is 1. The Bertz CT molecular complexity index is 370. The number of hydrogen-bond donors (Lipinski definition) is 0. The molecule has 4 aliphatic carbocycles. The van der Waals surface area contributed by atoms with Crippen molar-refractivity contribution in [2.45, 2.75) is 80.1 Å². The second kappa shape index (κ2) is 7.20. The van der Waals surface area contributed by atoms with Crippen molar-refractivity contribution in [1.82, 2.24) is 0 Å². The molecule has 6 atom stereocenters. The quantitative estimate of drug-likeness (QED) is 0.545. The topological polar surface area (TPSA) is 12.5 Å². The van der Waals surface area contributed by atoms with Crippen LogP contribution in [-0.2, 0) is 4.74 Å². The van der Waals surface area contributed by atoms with Gasteiger partial charge in [-0.1, -0.05) is 48.0 Å². The third-order valence-corrected chi connectivity index (χ3v) is 6.08. The second-order valence-electron chi connectivity index (χ2n) is 6.61. The van der Waals surface area contributed by atoms with Crippen LogP contribution in [0.1, 0.15) is 80.1 Å². The molecule has 0 saturated heterocycles. The Kier molecular flexibility index (Phi) is 5.80. The summed E-state index contributed by atoms with van der Waals surface area (Å²) in [7, 11) is 0. The van der Waals surface area contributed by atoms with Crippen molar-refractivity contribution >= 4 is 0 Å². The van der Waals surface area contributed by atoms with E-state index in [1.165, 1.54) is 24.4 Å². The Hall–Kier alpha value is -0.460. The molecule has 0 aromatic carbocycles. The summed E-state index contributed by atoms with van der Waals surface area (Å²) in [6, 6.07) is 0. The van der Waals surface area contributed by atoms with Crippen LogP contribution in [0, 0.1) is 35.5 Å². The third-order valence-electron chi connectivity index (χ3n) is 6.08. The van der Waals surface area contributed by atoms with Gasteiger partial charge in [-0.05, 0) is 55.8 Å². The van der Waals surface area contributed by atoms with Crippen LogP contribution in [0.15, 0.2) is 11.5 Å². The lowest BCUT2D eigenvalue weighted by molar-refractivity contribution is 0.190. The molecule has 5 aliphatic rings. The molecule has 0 spiro atoms. The highest BCUT2D eigenvalue weighted by atomic mass is 16.6. The fourth-order valence-corrected chi connectivity index (χ4v) is 5.51. The lowest BCUT2D eigenvalue weighted by Gasteiger charge is -2.30. The van der Waals surface area contributed by atoms with Gasteiger partial charge < -0.3 is 4.74 Å². The average Bonchev–Trinajstić information content (AvgIpc) is 2.97. The van der Waals surface area contributed by atoms with Crippen LogP contribution in [0.2, 0.25) is 0 Å². The molecule has 0 aromatic heterocycles. The summed E-state index contributed by atoms with van der Waals surface area (Å²) in [5.74, 6) is 9.00. The van der Waals surface area contributed by atoms with Gasteiger partial charge in [0.2, 0.25) is 0 Å². The third kappa shape index (κ3) is 2.78. The highest BCUT2D eigenvalue weighted by Crippen LogP contribution is 2.66. The van der Waals surface area contributed by atoms with Gasteiger partial charge in [-0.3, -0.25) is 0 Å². The van der Waals surface area contributed by atoms with Gasteiger partial charge in [-0.25, -0.2) is 0 Å². The standard InChI is InChI=1S/C14H18O.3C2H6/c1-2-8-3-7(1)4-10(8)11-5-9-6-12(11)14-13(9)15-14;3*1-2/h7-12H,1-6H2;3*1-2H3. The SMILES string of the molecule is C1CC2CC1CC2C1CC2CC1C1=C2O1.CC.CC.CC. The molecule has 4 bridgehead atoms. The Morgan fingerprint density at radius 1 is 0.714 bits per heavy atom. The molecule has 1 heterocycles. The first-order chi connectivity index (χ1) is 10.4. The smallest absolute Gasteiger partial charge is 0.146 e. The first kappa shape index (κ1) is 16.9. The molecule has 1 aliphatic heterocycles. The maximum Gasteiger partial charge on any atom is 0.146 e. The van der Waals surface area contributed by atoms with Gasteiger partial charge >= 0.3 is 0 Å². The summed E-state index contributed by atoms with van der Waals surface area (Å²) >= 11 is 0. The maximum absolute atomic E-state index is 5.64. The molecule has 1 heteroatoms. The van der Waals surface area contributed by atoms with E-state index in [1.807, 2.05) is 41.5 Å². The van der Waals surface area contributed by atoms with Crippen molar-refractivity contribution in [3.8, 4) is 0 Å². The van der Waals surface area contributed by atoms with Crippen LogP contribution in [0.25, 0.3) is 0 Å². The first-order valence-electron chi connectivity index (χ1n) is 9.82. The predicted octanol–water partition coefficient (Wildman–Crippen LogP) is 6.40. The Balaban J connectivity index is 0.000000244. The molecule has 0 radical (unpaired) electrons. The average molecular weight is 293 g/mol. The normalized spacial score (nSPS) is 42.8. The van der Waals surface area contributed by atoms with Crippen LogP contribution >= 0.6 is 0 Å². The zero-order valence-electron chi connectivity index (χ0n) is 15.1. The highest BCUT2D eigenvalue weighted by molar-refractivity contribution is 5.34. The van der Waals surface area contributed by atoms with Gasteiger partial charge in [-0.2, -0.15) is 0 Å². The minimum absolute atomic E-state index is 0.870. The Labute approximate surface area is 132 Å². The van der Waals surface area contributed by atoms with E-state index in [4.69, 9.17) is 4.74 Å². The van der Waals surface area contributed by atoms with Gasteiger partial charge in [-0.15, -0.1) is 0 Å². The van der Waals surface area contributed by atoms with Crippen LogP contribution in [0.5, 0.6) is 0 Å². The number of fused-ring (bicyclic) bond motifs is 6. The lowest BCUT2D eigenvalue weighted by atomic mass is 9.74. The van der Waals surface area contributed by atoms with Crippen molar-refractivity contribution in [1.29, 1.82) is 0 Å². The van der Waals surface area contributed by atoms with Crippen molar-refractivity contribution in [2.75, 3.05) is 0 Å². The van der Waals surface area contributed by atoms with Crippen molar-refractivity contribution in [3.63, 3.8) is 0 Å². The van der Waals surface area contributed by atoms with Crippen molar-refractivity contribution in [3.05, 3.63) is 11.5 Å². The molecule has 0 amide bonds. The van der Waals surface area contributed by atoms with E-state index < -0.39 is 0 Å². The van der Waals surface area contributed by atoms with Gasteiger partial charge in [0.1, 0.15) is 11.5 Å². The molecule has 0 N–H and O–H groups in total. The summed E-state index contributed by atoms with van der Waals surface area (Å²) < 4.78 is 5.64. The van der Waals surface area contributed by atoms with Gasteiger partial charge in [0.15, 0.2) is 0 Å². The van der Waals surface area contributed by atoms with E-state index in [0.29, 0.717) is 0 Å². The lowest BCUT2D eigenvalue weighted by Crippen LogP contribution is -2.24. The van der Waals surface area contributed by atoms with Crippen molar-refractivity contribution in [2.24, 2.45) is 35.5 Å². The summed E-state index contributed by atoms with van der Waals surface area (Å²) in [5.41, 5.74) is 0. The van der Waals surface area contributed by atoms with E-state index in [0.717, 1.165) is 35.5 Å². The van der Waals surface area contributed by atoms with E-state index in [1.54, 1.807) is 25.7 Å². The number of ether oxygens (including phenoxy) is 1. The van der Waals surface area contributed by atoms with E-state index >= 15 is 0 Å². The zero-order valence-corrected chi connectivity index (χ0v) is 15.1. The summed E-state index contributed by atoms with van der Waals surface area (Å²) in [5, 5.41) is 0. The minimum Gasteiger partial charge on any atom is -0.458 e. The fourth-order valence-electron chi connectivity index (χ4n) is 5.51. The van der Waals surface area contributed by atoms with Gasteiger partial charge in [0.25, 0.3) is 0 Å². The van der Waals surface area contributed by atoms with E-state index in [2.05, 4.69) is 0 Å². The molecule has 21 heavy (non-hydrogen) atoms. The molecule has 122 valence electrons. The minimum atomic E-state index is 0.870. The molecule has 6 unspecified atom stereocenters. The monoisotopic (exact) mass is 292 g/mol. The van der Waals surface area contributed by atoms with Gasteiger partial charge in [0.05, 0.1) is 0 Å². The molecular weight excluding hydrogens is 256 g/mol. The summed E-state index contributed by atoms with van der Waals surface area (Å²) in [6.45, 7) is 12.0. The van der Waals surface area contributed by atoms with E-state index in [9.17, 15) is 0 Å². The maximum atomic E-state index is 5.64. The Morgan fingerprint density at radius 2 is 1.43 bits per heavy atom. The van der Waals surface area contributed by atoms with Crippen LogP contribution in [-0.4, -0.2) is 0 Å². The molecule has 1 nitrogen and oxygen atoms in total. The van der Waals surface area contributed by atoms with E-state index in [-0.39, 0.29) is 0 Å². The van der Waals surface area contributed by atoms with Crippen molar-refractivity contribution < 1.29 is 4.74 Å². The second-order valence-corrected chi connectivity index (χ2v) is 6.61. The first-order valence-corrected chi connectivity index (χ1v) is 9.82. The summed E-state index contributed by atoms with van der Waals surface area (Å²) in [4.78, 5) is 0. The molecule has 3 saturated carbocycles. The Morgan fingerprint density at radius 3 is 1.90 bits per heavy atom.